The number of ether oxygens (including phenoxy) is 1. The highest BCUT2D eigenvalue weighted by molar-refractivity contribution is 7.99. The zero-order valence-electron chi connectivity index (χ0n) is 8.70. The molecule has 0 saturated carbocycles. The second kappa shape index (κ2) is 6.03. The predicted molar refractivity (Wildman–Crippen MR) is 64.2 cm³/mol. The van der Waals surface area contributed by atoms with Crippen molar-refractivity contribution in [2.45, 2.75) is 17.9 Å². The predicted octanol–water partition coefficient (Wildman–Crippen LogP) is 3.13. The third-order valence-electron chi connectivity index (χ3n) is 1.98. The molecule has 0 aliphatic rings. The van der Waals surface area contributed by atoms with Gasteiger partial charge in [0, 0.05) is 10.8 Å². The molecule has 1 unspecified atom stereocenters. The van der Waals surface area contributed by atoms with Crippen molar-refractivity contribution in [1.29, 1.82) is 0 Å². The summed E-state index contributed by atoms with van der Waals surface area (Å²) in [7, 11) is 1.40. The molecule has 0 fully saturated rings. The summed E-state index contributed by atoms with van der Waals surface area (Å²) < 4.78 is 4.64. The van der Waals surface area contributed by atoms with E-state index in [4.69, 9.17) is 11.6 Å². The molecule has 0 heterocycles. The Hall–Kier alpha value is -0.670. The van der Waals surface area contributed by atoms with Crippen LogP contribution in [0.5, 0.6) is 0 Å². The summed E-state index contributed by atoms with van der Waals surface area (Å²) in [6.45, 7) is 1.83. The molecule has 1 rings (SSSR count). The lowest BCUT2D eigenvalue weighted by Gasteiger charge is -2.09. The van der Waals surface area contributed by atoms with Crippen LogP contribution >= 0.6 is 23.4 Å². The van der Waals surface area contributed by atoms with Gasteiger partial charge in [0.1, 0.15) is 0 Å². The monoisotopic (exact) mass is 244 g/mol. The van der Waals surface area contributed by atoms with E-state index >= 15 is 0 Å². The Kier molecular flexibility index (Phi) is 4.99. The van der Waals surface area contributed by atoms with Crippen molar-refractivity contribution in [3.05, 3.63) is 34.9 Å². The number of esters is 1. The van der Waals surface area contributed by atoms with E-state index in [0.29, 0.717) is 0 Å². The lowest BCUT2D eigenvalue weighted by Crippen LogP contribution is -2.14. The first kappa shape index (κ1) is 12.4. The van der Waals surface area contributed by atoms with Gasteiger partial charge in [-0.3, -0.25) is 4.79 Å². The molecule has 0 aliphatic carbocycles. The van der Waals surface area contributed by atoms with Crippen molar-refractivity contribution in [2.24, 2.45) is 0 Å². The molecule has 0 spiro atoms. The second-order valence-corrected chi connectivity index (χ2v) is 4.80. The molecular weight excluding hydrogens is 232 g/mol. The average Bonchev–Trinajstić information content (AvgIpc) is 2.26. The number of halogens is 1. The van der Waals surface area contributed by atoms with E-state index in [2.05, 4.69) is 4.74 Å². The summed E-state index contributed by atoms with van der Waals surface area (Å²) in [6, 6.07) is 7.63. The van der Waals surface area contributed by atoms with Crippen LogP contribution in [-0.4, -0.2) is 18.3 Å². The summed E-state index contributed by atoms with van der Waals surface area (Å²) in [5.41, 5.74) is 1.04. The molecule has 1 aromatic carbocycles. The highest BCUT2D eigenvalue weighted by atomic mass is 35.5. The van der Waals surface area contributed by atoms with E-state index in [1.54, 1.807) is 0 Å². The van der Waals surface area contributed by atoms with Gasteiger partial charge in [0.2, 0.25) is 0 Å². The molecule has 0 saturated heterocycles. The maximum absolute atomic E-state index is 11.1. The minimum absolute atomic E-state index is 0.161. The zero-order valence-corrected chi connectivity index (χ0v) is 10.3. The molecule has 0 N–H and O–H groups in total. The molecule has 4 heteroatoms. The van der Waals surface area contributed by atoms with Crippen LogP contribution in [0.2, 0.25) is 5.02 Å². The van der Waals surface area contributed by atoms with Crippen LogP contribution in [0.1, 0.15) is 12.5 Å². The molecule has 0 radical (unpaired) electrons. The standard InChI is InChI=1S/C11H13ClO2S/c1-8(11(13)14-2)15-7-9-5-3-4-6-10(9)12/h3-6,8H,7H2,1-2H3. The minimum Gasteiger partial charge on any atom is -0.468 e. The Bertz CT molecular complexity index is 341. The van der Waals surface area contributed by atoms with E-state index in [1.165, 1.54) is 18.9 Å². The number of hydrogen-bond donors (Lipinski definition) is 0. The maximum Gasteiger partial charge on any atom is 0.318 e. The summed E-state index contributed by atoms with van der Waals surface area (Å²) in [5, 5.41) is 0.577. The van der Waals surface area contributed by atoms with Crippen molar-refractivity contribution >= 4 is 29.3 Å². The van der Waals surface area contributed by atoms with Gasteiger partial charge in [-0.1, -0.05) is 29.8 Å². The smallest absolute Gasteiger partial charge is 0.318 e. The van der Waals surface area contributed by atoms with Crippen LogP contribution in [0.4, 0.5) is 0 Å². The molecule has 1 aromatic rings. The van der Waals surface area contributed by atoms with Crippen LogP contribution in [0.25, 0.3) is 0 Å². The first-order valence-electron chi connectivity index (χ1n) is 4.58. The number of methoxy groups -OCH3 is 1. The number of carbonyl (C=O) groups excluding carboxylic acids is 1. The van der Waals surface area contributed by atoms with E-state index in [9.17, 15) is 4.79 Å². The topological polar surface area (TPSA) is 26.3 Å². The highest BCUT2D eigenvalue weighted by Gasteiger charge is 2.13. The van der Waals surface area contributed by atoms with Gasteiger partial charge in [-0.2, -0.15) is 0 Å². The lowest BCUT2D eigenvalue weighted by molar-refractivity contribution is -0.139. The van der Waals surface area contributed by atoms with Gasteiger partial charge in [0.15, 0.2) is 0 Å². The van der Waals surface area contributed by atoms with E-state index < -0.39 is 0 Å². The molecule has 15 heavy (non-hydrogen) atoms. The van der Waals surface area contributed by atoms with Crippen LogP contribution in [0.15, 0.2) is 24.3 Å². The fourth-order valence-electron chi connectivity index (χ4n) is 1.06. The van der Waals surface area contributed by atoms with Gasteiger partial charge in [-0.15, -0.1) is 11.8 Å². The second-order valence-electron chi connectivity index (χ2n) is 3.07. The van der Waals surface area contributed by atoms with Gasteiger partial charge in [-0.05, 0) is 18.6 Å². The van der Waals surface area contributed by atoms with Crippen molar-refractivity contribution in [3.63, 3.8) is 0 Å². The van der Waals surface area contributed by atoms with Crippen molar-refractivity contribution in [1.82, 2.24) is 0 Å². The molecule has 1 atom stereocenters. The minimum atomic E-state index is -0.202. The molecule has 0 aromatic heterocycles. The first-order chi connectivity index (χ1) is 7.15. The van der Waals surface area contributed by atoms with E-state index in [0.717, 1.165) is 16.3 Å². The normalized spacial score (nSPS) is 12.2. The fraction of sp³-hybridized carbons (Fsp3) is 0.364. The molecule has 0 aliphatic heterocycles. The van der Waals surface area contributed by atoms with Gasteiger partial charge >= 0.3 is 5.97 Å². The van der Waals surface area contributed by atoms with Gasteiger partial charge in [0.05, 0.1) is 12.4 Å². The Balaban J connectivity index is 2.50. The van der Waals surface area contributed by atoms with Crippen LogP contribution in [-0.2, 0) is 15.3 Å². The molecule has 82 valence electrons. The van der Waals surface area contributed by atoms with Crippen LogP contribution < -0.4 is 0 Å². The number of thioether (sulfide) groups is 1. The molecule has 0 bridgehead atoms. The largest absolute Gasteiger partial charge is 0.468 e. The highest BCUT2D eigenvalue weighted by Crippen LogP contribution is 2.23. The Morgan fingerprint density at radius 3 is 2.80 bits per heavy atom. The fourth-order valence-corrected chi connectivity index (χ4v) is 2.26. The zero-order chi connectivity index (χ0) is 11.3. The number of rotatable bonds is 4. The van der Waals surface area contributed by atoms with Crippen molar-refractivity contribution in [2.75, 3.05) is 7.11 Å². The lowest BCUT2D eigenvalue weighted by atomic mass is 10.2. The van der Waals surface area contributed by atoms with Crippen molar-refractivity contribution < 1.29 is 9.53 Å². The first-order valence-corrected chi connectivity index (χ1v) is 6.00. The number of carbonyl (C=O) groups is 1. The molecule has 2 nitrogen and oxygen atoms in total. The number of hydrogen-bond acceptors (Lipinski definition) is 3. The number of benzene rings is 1. The van der Waals surface area contributed by atoms with Gasteiger partial charge < -0.3 is 4.74 Å². The van der Waals surface area contributed by atoms with Gasteiger partial charge in [-0.25, -0.2) is 0 Å². The third kappa shape index (κ3) is 3.76. The molecular formula is C11H13ClO2S. The van der Waals surface area contributed by atoms with E-state index in [-0.39, 0.29) is 11.2 Å². The summed E-state index contributed by atoms with van der Waals surface area (Å²) in [4.78, 5) is 11.1. The SMILES string of the molecule is COC(=O)C(C)SCc1ccccc1Cl. The van der Waals surface area contributed by atoms with E-state index in [1.807, 2.05) is 31.2 Å². The Morgan fingerprint density at radius 2 is 2.20 bits per heavy atom. The summed E-state index contributed by atoms with van der Waals surface area (Å²) in [6.07, 6.45) is 0. The summed E-state index contributed by atoms with van der Waals surface area (Å²) in [5.74, 6) is 0.516. The Labute approximate surface area is 99.0 Å². The third-order valence-corrected chi connectivity index (χ3v) is 3.52. The molecule has 0 amide bonds. The Morgan fingerprint density at radius 1 is 1.53 bits per heavy atom. The van der Waals surface area contributed by atoms with Crippen molar-refractivity contribution in [3.8, 4) is 0 Å². The quantitative estimate of drug-likeness (QED) is 0.762. The van der Waals surface area contributed by atoms with Gasteiger partial charge in [0.25, 0.3) is 0 Å². The van der Waals surface area contributed by atoms with Crippen LogP contribution in [0.3, 0.4) is 0 Å². The maximum atomic E-state index is 11.1. The van der Waals surface area contributed by atoms with Crippen LogP contribution in [0, 0.1) is 0 Å². The average molecular weight is 245 g/mol. The summed E-state index contributed by atoms with van der Waals surface area (Å²) >= 11 is 7.51.